The van der Waals surface area contributed by atoms with Crippen LogP contribution < -0.4 is 69.1 Å². The standard InChI is InChI=1S/4C18H15P.C13H10BrF.C6H6BFO2.C6H3BrFI.C6H4BrF.Pd/c4*1-4-10-16(11-5-1)19(17-12-6-2-7-13-17)18-14-8-3-9-15-18;1-9-4-2-5-10(8-9)13-11(14)6-3-7-12(13)15;8-6-3-1-2-5(4-6)7(9)10;7-4-2-1-3-5(8)6(4)9;7-5-2-1-3-6(8)4-5;/h4*1-15H;2-8H,1H3;1-4,9-10H;1-3H;1-4H;. The Morgan fingerprint density at radius 1 is 0.252 bits per heavy atom. The molecule has 0 amide bonds. The topological polar surface area (TPSA) is 40.5 Å². The van der Waals surface area contributed by atoms with Crippen LogP contribution in [0.1, 0.15) is 5.56 Å². The molecule has 0 radical (unpaired) electrons. The summed E-state index contributed by atoms with van der Waals surface area (Å²) in [5.41, 5.74) is 2.82. The molecule has 0 atom stereocenters. The SMILES string of the molecule is Cc1cccc(-c2c(F)cccc2Br)c1.Fc1cccc(Br)c1.Fc1cccc(Br)c1I.OB(O)c1cccc(F)c1.[Pd].c1ccc(P(c2ccccc2)c2ccccc2)cc1.c1ccc(P(c2ccccc2)c2ccccc2)cc1.c1ccc(P(c2ccccc2)c2ccccc2)cc1.c1ccc(P(c2ccccc2)c2ccccc2)cc1. The molecular weight excluding hydrogens is 1950 g/mol. The summed E-state index contributed by atoms with van der Waals surface area (Å²) in [5.74, 6) is -1.05. The molecule has 17 aromatic rings. The summed E-state index contributed by atoms with van der Waals surface area (Å²) >= 11 is 11.6. The second kappa shape index (κ2) is 52.2. The van der Waals surface area contributed by atoms with Gasteiger partial charge in [0.25, 0.3) is 0 Å². The van der Waals surface area contributed by atoms with Crippen molar-refractivity contribution in [3.05, 3.63) is 519 Å². The quantitative estimate of drug-likeness (QED) is 0.0374. The van der Waals surface area contributed by atoms with Crippen molar-refractivity contribution in [3.8, 4) is 11.1 Å². The molecule has 0 unspecified atom stereocenters. The zero-order valence-electron chi connectivity index (χ0n) is 64.6. The third-order valence-corrected chi connectivity index (χ3v) is 30.7. The summed E-state index contributed by atoms with van der Waals surface area (Å²) in [6, 6.07) is 158. The van der Waals surface area contributed by atoms with Crippen LogP contribution in [0.15, 0.2) is 487 Å². The number of hydrogen-bond acceptors (Lipinski definition) is 2. The molecule has 0 fully saturated rings. The first-order valence-electron chi connectivity index (χ1n) is 37.6. The predicted octanol–water partition coefficient (Wildman–Crippen LogP) is 23.6. The first-order valence-corrected chi connectivity index (χ1v) is 46.5. The van der Waals surface area contributed by atoms with E-state index in [2.05, 4.69) is 412 Å². The van der Waals surface area contributed by atoms with Gasteiger partial charge in [-0.15, -0.1) is 0 Å². The molecule has 17 rings (SSSR count). The largest absolute Gasteiger partial charge is 0.488 e. The third kappa shape index (κ3) is 30.9. The first kappa shape index (κ1) is 93.9. The molecule has 0 saturated carbocycles. The Hall–Kier alpha value is -9.00. The Labute approximate surface area is 756 Å². The molecule has 0 bridgehead atoms. The van der Waals surface area contributed by atoms with Crippen molar-refractivity contribution >= 4 is 178 Å². The van der Waals surface area contributed by atoms with E-state index in [0.29, 0.717) is 9.13 Å². The Kier molecular flexibility index (Phi) is 41.2. The van der Waals surface area contributed by atoms with Crippen molar-refractivity contribution in [2.45, 2.75) is 6.92 Å². The van der Waals surface area contributed by atoms with Crippen molar-refractivity contribution in [1.82, 2.24) is 0 Å². The van der Waals surface area contributed by atoms with E-state index in [1.807, 2.05) is 65.9 Å². The molecular formula is C103H83BBr3F4IO2P4Pd. The van der Waals surface area contributed by atoms with Gasteiger partial charge < -0.3 is 10.0 Å². The first-order chi connectivity index (χ1) is 57.7. The van der Waals surface area contributed by atoms with Crippen molar-refractivity contribution in [1.29, 1.82) is 0 Å². The van der Waals surface area contributed by atoms with E-state index in [0.717, 1.165) is 30.6 Å². The molecule has 0 aromatic heterocycles. The van der Waals surface area contributed by atoms with Crippen LogP contribution in [0.4, 0.5) is 17.6 Å². The van der Waals surface area contributed by atoms with Crippen LogP contribution >= 0.6 is 102 Å². The molecule has 0 aliphatic heterocycles. The average molecular weight is 2040 g/mol. The summed E-state index contributed by atoms with van der Waals surface area (Å²) in [6.07, 6.45) is 0. The van der Waals surface area contributed by atoms with Crippen molar-refractivity contribution in [2.24, 2.45) is 0 Å². The summed E-state index contributed by atoms with van der Waals surface area (Å²) in [5, 5.41) is 33.9. The zero-order chi connectivity index (χ0) is 82.9. The fraction of sp³-hybridized carbons (Fsp3) is 0.00971. The van der Waals surface area contributed by atoms with E-state index in [9.17, 15) is 17.6 Å². The summed E-state index contributed by atoms with van der Waals surface area (Å²) < 4.78 is 53.6. The fourth-order valence-corrected chi connectivity index (χ4v) is 22.8. The molecule has 2 nitrogen and oxygen atoms in total. The van der Waals surface area contributed by atoms with Crippen molar-refractivity contribution in [3.63, 3.8) is 0 Å². The molecule has 2 N–H and O–H groups in total. The number of hydrogen-bond donors (Lipinski definition) is 2. The minimum atomic E-state index is -1.59. The van der Waals surface area contributed by atoms with E-state index >= 15 is 0 Å². The molecule has 0 aliphatic carbocycles. The maximum atomic E-state index is 13.6. The van der Waals surface area contributed by atoms with Crippen LogP contribution in [-0.2, 0) is 20.4 Å². The Morgan fingerprint density at radius 3 is 0.689 bits per heavy atom. The van der Waals surface area contributed by atoms with Crippen molar-refractivity contribution < 1.29 is 48.0 Å². The Bertz CT molecular complexity index is 4780. The predicted molar refractivity (Wildman–Crippen MR) is 522 cm³/mol. The molecule has 0 aliphatic rings. The normalized spacial score (nSPS) is 10.2. The minimum absolute atomic E-state index is 0. The molecule has 16 heteroatoms. The van der Waals surface area contributed by atoms with E-state index in [-0.39, 0.29) is 43.3 Å². The van der Waals surface area contributed by atoms with Crippen LogP contribution in [0.5, 0.6) is 0 Å². The molecule has 17 aromatic carbocycles. The van der Waals surface area contributed by atoms with E-state index in [4.69, 9.17) is 10.0 Å². The Morgan fingerprint density at radius 2 is 0.487 bits per heavy atom. The minimum Gasteiger partial charge on any atom is -0.423 e. The third-order valence-electron chi connectivity index (χ3n) is 17.3. The van der Waals surface area contributed by atoms with Crippen LogP contribution in [0.25, 0.3) is 11.1 Å². The molecule has 0 heterocycles. The summed E-state index contributed by atoms with van der Waals surface area (Å²) in [4.78, 5) is 0. The molecule has 119 heavy (non-hydrogen) atoms. The average Bonchev–Trinajstić information content (AvgIpc) is 0.845. The molecule has 0 saturated heterocycles. The number of rotatable bonds is 14. The van der Waals surface area contributed by atoms with E-state index in [1.165, 1.54) is 106 Å². The van der Waals surface area contributed by atoms with Crippen LogP contribution in [0.3, 0.4) is 0 Å². The van der Waals surface area contributed by atoms with Gasteiger partial charge in [-0.3, -0.25) is 0 Å². The smallest absolute Gasteiger partial charge is 0.423 e. The second-order valence-corrected chi connectivity index (χ2v) is 38.3. The maximum Gasteiger partial charge on any atom is 0.488 e. The molecule has 0 spiro atoms. The van der Waals surface area contributed by atoms with Gasteiger partial charge >= 0.3 is 7.12 Å². The Balaban J connectivity index is 0.000000157. The maximum absolute atomic E-state index is 13.6. The van der Waals surface area contributed by atoms with Gasteiger partial charge in [-0.25, -0.2) is 17.6 Å². The van der Waals surface area contributed by atoms with Crippen LogP contribution in [0.2, 0.25) is 0 Å². The van der Waals surface area contributed by atoms with Gasteiger partial charge in [0, 0.05) is 39.4 Å². The van der Waals surface area contributed by atoms with Gasteiger partial charge in [-0.05, 0) is 206 Å². The summed E-state index contributed by atoms with van der Waals surface area (Å²) in [6.45, 7) is 2.00. The van der Waals surface area contributed by atoms with Crippen LogP contribution in [0, 0.1) is 33.8 Å². The zero-order valence-corrected chi connectivity index (χ0v) is 76.7. The number of aryl methyl sites for hydroxylation is 1. The van der Waals surface area contributed by atoms with E-state index < -0.39 is 44.6 Å². The monoisotopic (exact) mass is 2030 g/mol. The van der Waals surface area contributed by atoms with Crippen molar-refractivity contribution in [2.75, 3.05) is 0 Å². The van der Waals surface area contributed by atoms with E-state index in [1.54, 1.807) is 24.3 Å². The number of benzene rings is 17. The fourth-order valence-electron chi connectivity index (χ4n) is 11.9. The second-order valence-electron chi connectivity index (χ2n) is 25.7. The van der Waals surface area contributed by atoms with Gasteiger partial charge in [0.05, 0.1) is 3.57 Å². The van der Waals surface area contributed by atoms with Gasteiger partial charge in [0.15, 0.2) is 0 Å². The van der Waals surface area contributed by atoms with Gasteiger partial charge in [0.1, 0.15) is 23.3 Å². The van der Waals surface area contributed by atoms with Gasteiger partial charge in [-0.1, -0.05) is 456 Å². The molecule has 596 valence electrons. The number of halogens is 8. The van der Waals surface area contributed by atoms with Crippen LogP contribution in [-0.4, -0.2) is 17.2 Å². The van der Waals surface area contributed by atoms with Gasteiger partial charge in [-0.2, -0.15) is 0 Å². The summed E-state index contributed by atoms with van der Waals surface area (Å²) in [7, 11) is -3.37. The van der Waals surface area contributed by atoms with Gasteiger partial charge in [0.2, 0.25) is 0 Å².